The number of ether oxygens (including phenoxy) is 2. The molecule has 24 heavy (non-hydrogen) atoms. The van der Waals surface area contributed by atoms with Gasteiger partial charge in [-0.25, -0.2) is 0 Å². The molecule has 0 spiro atoms. The molecule has 0 fully saturated rings. The predicted molar refractivity (Wildman–Crippen MR) is 89.8 cm³/mol. The highest BCUT2D eigenvalue weighted by atomic mass is 35.5. The van der Waals surface area contributed by atoms with Gasteiger partial charge in [-0.3, -0.25) is 14.9 Å². The number of benzene rings is 2. The number of anilines is 1. The number of nitro groups is 1. The van der Waals surface area contributed by atoms with Crippen LogP contribution in [0.25, 0.3) is 0 Å². The number of hydrogen-bond donors (Lipinski definition) is 1. The Bertz CT molecular complexity index is 766. The van der Waals surface area contributed by atoms with E-state index >= 15 is 0 Å². The minimum absolute atomic E-state index is 0.134. The van der Waals surface area contributed by atoms with E-state index in [1.165, 1.54) is 25.3 Å². The molecule has 1 atom stereocenters. The van der Waals surface area contributed by atoms with Gasteiger partial charge in [0.1, 0.15) is 11.5 Å². The zero-order valence-electron chi connectivity index (χ0n) is 13.0. The third-order valence-electron chi connectivity index (χ3n) is 3.16. The van der Waals surface area contributed by atoms with E-state index in [0.29, 0.717) is 16.5 Å². The maximum absolute atomic E-state index is 12.2. The van der Waals surface area contributed by atoms with Crippen LogP contribution in [0.1, 0.15) is 6.92 Å². The average molecular weight is 351 g/mol. The minimum Gasteiger partial charge on any atom is -0.494 e. The van der Waals surface area contributed by atoms with Gasteiger partial charge in [-0.1, -0.05) is 23.7 Å². The molecular weight excluding hydrogens is 336 g/mol. The maximum Gasteiger partial charge on any atom is 0.273 e. The molecule has 0 saturated carbocycles. The van der Waals surface area contributed by atoms with Crippen molar-refractivity contribution in [1.29, 1.82) is 0 Å². The SMILES string of the molecule is COc1cc([N+](=O)[O-])ccc1NC(=O)[C@@H](C)Oc1ccccc1Cl. The van der Waals surface area contributed by atoms with E-state index in [4.69, 9.17) is 21.1 Å². The van der Waals surface area contributed by atoms with Gasteiger partial charge in [0.25, 0.3) is 11.6 Å². The topological polar surface area (TPSA) is 90.7 Å². The summed E-state index contributed by atoms with van der Waals surface area (Å²) in [5.41, 5.74) is 0.174. The third-order valence-corrected chi connectivity index (χ3v) is 3.48. The molecule has 0 aliphatic carbocycles. The predicted octanol–water partition coefficient (Wildman–Crippen LogP) is 3.66. The van der Waals surface area contributed by atoms with E-state index in [-0.39, 0.29) is 11.4 Å². The lowest BCUT2D eigenvalue weighted by molar-refractivity contribution is -0.384. The van der Waals surface area contributed by atoms with Crippen molar-refractivity contribution in [2.45, 2.75) is 13.0 Å². The van der Waals surface area contributed by atoms with Crippen molar-refractivity contribution in [1.82, 2.24) is 0 Å². The summed E-state index contributed by atoms with van der Waals surface area (Å²) < 4.78 is 10.6. The normalized spacial score (nSPS) is 11.5. The summed E-state index contributed by atoms with van der Waals surface area (Å²) in [6.07, 6.45) is -0.829. The van der Waals surface area contributed by atoms with Crippen molar-refractivity contribution in [2.75, 3.05) is 12.4 Å². The van der Waals surface area contributed by atoms with Crippen LogP contribution in [0.3, 0.4) is 0 Å². The third kappa shape index (κ3) is 4.14. The van der Waals surface area contributed by atoms with Gasteiger partial charge in [0.05, 0.1) is 28.8 Å². The molecule has 0 radical (unpaired) electrons. The number of rotatable bonds is 6. The second-order valence-corrected chi connectivity index (χ2v) is 5.23. The van der Waals surface area contributed by atoms with E-state index in [1.54, 1.807) is 31.2 Å². The van der Waals surface area contributed by atoms with Crippen molar-refractivity contribution in [3.8, 4) is 11.5 Å². The van der Waals surface area contributed by atoms with E-state index in [0.717, 1.165) is 0 Å². The van der Waals surface area contributed by atoms with Gasteiger partial charge in [0, 0.05) is 6.07 Å². The molecule has 0 unspecified atom stereocenters. The molecule has 2 rings (SSSR count). The lowest BCUT2D eigenvalue weighted by Gasteiger charge is -2.16. The summed E-state index contributed by atoms with van der Waals surface area (Å²) in [7, 11) is 1.36. The highest BCUT2D eigenvalue weighted by Crippen LogP contribution is 2.29. The fourth-order valence-corrected chi connectivity index (χ4v) is 2.10. The lowest BCUT2D eigenvalue weighted by Crippen LogP contribution is -2.30. The highest BCUT2D eigenvalue weighted by Gasteiger charge is 2.19. The Morgan fingerprint density at radius 3 is 2.58 bits per heavy atom. The van der Waals surface area contributed by atoms with Crippen molar-refractivity contribution < 1.29 is 19.2 Å². The Hall–Kier alpha value is -2.80. The summed E-state index contributed by atoms with van der Waals surface area (Å²) >= 11 is 5.99. The van der Waals surface area contributed by atoms with Crippen LogP contribution in [0.2, 0.25) is 5.02 Å². The Morgan fingerprint density at radius 1 is 1.25 bits per heavy atom. The Morgan fingerprint density at radius 2 is 1.96 bits per heavy atom. The van der Waals surface area contributed by atoms with Gasteiger partial charge >= 0.3 is 0 Å². The van der Waals surface area contributed by atoms with Crippen molar-refractivity contribution >= 4 is 28.9 Å². The van der Waals surface area contributed by atoms with Gasteiger partial charge in [-0.2, -0.15) is 0 Å². The first-order valence-corrected chi connectivity index (χ1v) is 7.34. The summed E-state index contributed by atoms with van der Waals surface area (Å²) in [5.74, 6) is 0.127. The largest absolute Gasteiger partial charge is 0.494 e. The molecule has 1 amide bonds. The lowest BCUT2D eigenvalue weighted by atomic mass is 10.2. The van der Waals surface area contributed by atoms with E-state index in [9.17, 15) is 14.9 Å². The van der Waals surface area contributed by atoms with Crippen LogP contribution in [0.5, 0.6) is 11.5 Å². The summed E-state index contributed by atoms with van der Waals surface area (Å²) in [5, 5.41) is 13.8. The van der Waals surface area contributed by atoms with Crippen LogP contribution in [-0.4, -0.2) is 24.0 Å². The zero-order valence-corrected chi connectivity index (χ0v) is 13.7. The summed E-state index contributed by atoms with van der Waals surface area (Å²) in [6.45, 7) is 1.57. The molecular formula is C16H15ClN2O5. The standard InChI is InChI=1S/C16H15ClN2O5/c1-10(24-14-6-4-3-5-12(14)17)16(20)18-13-8-7-11(19(21)22)9-15(13)23-2/h3-10H,1-2H3,(H,18,20)/t10-/m1/s1. The van der Waals surface area contributed by atoms with Crippen molar-refractivity contribution in [3.05, 3.63) is 57.6 Å². The van der Waals surface area contributed by atoms with Gasteiger partial charge in [0.15, 0.2) is 6.10 Å². The van der Waals surface area contributed by atoms with Gasteiger partial charge in [0.2, 0.25) is 0 Å². The minimum atomic E-state index is -0.829. The van der Waals surface area contributed by atoms with Crippen molar-refractivity contribution in [3.63, 3.8) is 0 Å². The molecule has 0 saturated heterocycles. The van der Waals surface area contributed by atoms with Gasteiger partial charge in [-0.15, -0.1) is 0 Å². The van der Waals surface area contributed by atoms with Crippen LogP contribution < -0.4 is 14.8 Å². The number of nitrogens with zero attached hydrogens (tertiary/aromatic N) is 1. The van der Waals surface area contributed by atoms with Crippen molar-refractivity contribution in [2.24, 2.45) is 0 Å². The average Bonchev–Trinajstić information content (AvgIpc) is 2.56. The van der Waals surface area contributed by atoms with Crippen LogP contribution >= 0.6 is 11.6 Å². The molecule has 0 bridgehead atoms. The van der Waals surface area contributed by atoms with Crippen LogP contribution in [0.4, 0.5) is 11.4 Å². The first-order chi connectivity index (χ1) is 11.4. The maximum atomic E-state index is 12.2. The molecule has 1 N–H and O–H groups in total. The molecule has 8 heteroatoms. The molecule has 0 heterocycles. The fourth-order valence-electron chi connectivity index (χ4n) is 1.92. The number of amides is 1. The molecule has 0 aliphatic heterocycles. The number of nitro benzene ring substituents is 1. The number of para-hydroxylation sites is 1. The number of carbonyl (C=O) groups is 1. The molecule has 7 nitrogen and oxygen atoms in total. The second-order valence-electron chi connectivity index (χ2n) is 4.82. The van der Waals surface area contributed by atoms with E-state index < -0.39 is 16.9 Å². The molecule has 2 aromatic carbocycles. The summed E-state index contributed by atoms with van der Waals surface area (Å²) in [4.78, 5) is 22.5. The second kappa shape index (κ2) is 7.65. The van der Waals surface area contributed by atoms with E-state index in [2.05, 4.69) is 5.32 Å². The van der Waals surface area contributed by atoms with Crippen LogP contribution in [-0.2, 0) is 4.79 Å². The fraction of sp³-hybridized carbons (Fsp3) is 0.188. The smallest absolute Gasteiger partial charge is 0.273 e. The number of hydrogen-bond acceptors (Lipinski definition) is 5. The first kappa shape index (κ1) is 17.6. The molecule has 126 valence electrons. The quantitative estimate of drug-likeness (QED) is 0.634. The van der Waals surface area contributed by atoms with Gasteiger partial charge < -0.3 is 14.8 Å². The number of methoxy groups -OCH3 is 1. The van der Waals surface area contributed by atoms with E-state index in [1.807, 2.05) is 0 Å². The molecule has 0 aromatic heterocycles. The number of nitrogens with one attached hydrogen (secondary N) is 1. The molecule has 2 aromatic rings. The Labute approximate surface area is 143 Å². The molecule has 0 aliphatic rings. The van der Waals surface area contributed by atoms with Crippen LogP contribution in [0, 0.1) is 10.1 Å². The number of non-ortho nitro benzene ring substituents is 1. The first-order valence-electron chi connectivity index (χ1n) is 6.97. The number of carbonyl (C=O) groups excluding carboxylic acids is 1. The monoisotopic (exact) mass is 350 g/mol. The van der Waals surface area contributed by atoms with Crippen LogP contribution in [0.15, 0.2) is 42.5 Å². The Kier molecular flexibility index (Phi) is 5.59. The Balaban J connectivity index is 2.11. The highest BCUT2D eigenvalue weighted by molar-refractivity contribution is 6.32. The number of halogens is 1. The zero-order chi connectivity index (χ0) is 17.7. The summed E-state index contributed by atoms with van der Waals surface area (Å²) in [6, 6.07) is 10.7. The van der Waals surface area contributed by atoms with Gasteiger partial charge in [-0.05, 0) is 25.1 Å².